The molecule has 0 heterocycles. The molecule has 1 aliphatic rings. The molecule has 3 N–H and O–H groups in total. The molecular formula is C11H21N3O2. The Morgan fingerprint density at radius 1 is 1.31 bits per heavy atom. The molecule has 0 saturated heterocycles. The Balaban J connectivity index is 2.26. The van der Waals surface area contributed by atoms with Crippen LogP contribution in [0.3, 0.4) is 0 Å². The Labute approximate surface area is 96.4 Å². The third-order valence-electron chi connectivity index (χ3n) is 2.81. The van der Waals surface area contributed by atoms with Crippen molar-refractivity contribution in [2.24, 2.45) is 5.92 Å². The van der Waals surface area contributed by atoms with Crippen LogP contribution in [0.15, 0.2) is 0 Å². The first-order chi connectivity index (χ1) is 7.54. The van der Waals surface area contributed by atoms with E-state index in [2.05, 4.69) is 22.9 Å². The van der Waals surface area contributed by atoms with Crippen LogP contribution in [0.1, 0.15) is 33.6 Å². The van der Waals surface area contributed by atoms with Crippen molar-refractivity contribution >= 4 is 11.9 Å². The average Bonchev–Trinajstić information content (AvgIpc) is 3.00. The maximum atomic E-state index is 11.6. The smallest absolute Gasteiger partial charge is 0.321 e. The number of nitrogens with one attached hydrogen (secondary N) is 3. The molecule has 2 atom stereocenters. The lowest BCUT2D eigenvalue weighted by atomic mass is 10.2. The second-order valence-corrected chi connectivity index (χ2v) is 4.36. The van der Waals surface area contributed by atoms with Crippen LogP contribution in [-0.4, -0.2) is 30.6 Å². The normalized spacial score (nSPS) is 18.7. The first-order valence-electron chi connectivity index (χ1n) is 5.89. The van der Waals surface area contributed by atoms with Crippen molar-refractivity contribution in [2.75, 3.05) is 6.54 Å². The van der Waals surface area contributed by atoms with Gasteiger partial charge in [-0.2, -0.15) is 0 Å². The van der Waals surface area contributed by atoms with E-state index in [4.69, 9.17) is 0 Å². The molecule has 5 heteroatoms. The topological polar surface area (TPSA) is 70.2 Å². The summed E-state index contributed by atoms with van der Waals surface area (Å²) in [5.41, 5.74) is 0. The van der Waals surface area contributed by atoms with Crippen LogP contribution in [0.25, 0.3) is 0 Å². The van der Waals surface area contributed by atoms with Gasteiger partial charge in [0.1, 0.15) is 0 Å². The molecule has 1 fully saturated rings. The monoisotopic (exact) mass is 227 g/mol. The van der Waals surface area contributed by atoms with Gasteiger partial charge in [0.05, 0.1) is 6.04 Å². The van der Waals surface area contributed by atoms with E-state index in [1.54, 1.807) is 13.8 Å². The highest BCUT2D eigenvalue weighted by atomic mass is 16.2. The minimum Gasteiger partial charge on any atom is -0.338 e. The largest absolute Gasteiger partial charge is 0.338 e. The van der Waals surface area contributed by atoms with E-state index in [9.17, 15) is 9.59 Å². The van der Waals surface area contributed by atoms with Gasteiger partial charge in [0.15, 0.2) is 0 Å². The molecule has 0 aromatic carbocycles. The fourth-order valence-corrected chi connectivity index (χ4v) is 1.63. The molecule has 92 valence electrons. The van der Waals surface area contributed by atoms with Gasteiger partial charge >= 0.3 is 6.03 Å². The van der Waals surface area contributed by atoms with Gasteiger partial charge in [0.25, 0.3) is 0 Å². The quantitative estimate of drug-likeness (QED) is 0.644. The van der Waals surface area contributed by atoms with Crippen molar-refractivity contribution in [3.05, 3.63) is 0 Å². The molecule has 0 aliphatic heterocycles. The van der Waals surface area contributed by atoms with Crippen molar-refractivity contribution in [2.45, 2.75) is 45.7 Å². The Bertz CT molecular complexity index is 264. The third kappa shape index (κ3) is 4.18. The molecule has 0 aromatic rings. The second kappa shape index (κ2) is 5.84. The van der Waals surface area contributed by atoms with Gasteiger partial charge in [-0.05, 0) is 39.5 Å². The number of hydrogen-bond donors (Lipinski definition) is 3. The number of urea groups is 1. The molecule has 2 unspecified atom stereocenters. The van der Waals surface area contributed by atoms with E-state index < -0.39 is 6.03 Å². The van der Waals surface area contributed by atoms with E-state index in [1.807, 2.05) is 0 Å². The van der Waals surface area contributed by atoms with Crippen LogP contribution in [-0.2, 0) is 4.79 Å². The summed E-state index contributed by atoms with van der Waals surface area (Å²) in [5.74, 6) is 0.415. The molecule has 0 spiro atoms. The molecule has 0 bridgehead atoms. The number of amides is 3. The zero-order chi connectivity index (χ0) is 12.1. The van der Waals surface area contributed by atoms with Gasteiger partial charge in [-0.15, -0.1) is 0 Å². The SMILES string of the molecule is CCNC(=O)NC(=O)C(C)NC(C)C1CC1. The molecule has 1 saturated carbocycles. The lowest BCUT2D eigenvalue weighted by molar-refractivity contribution is -0.121. The Morgan fingerprint density at radius 2 is 1.94 bits per heavy atom. The summed E-state index contributed by atoms with van der Waals surface area (Å²) in [7, 11) is 0. The van der Waals surface area contributed by atoms with Crippen LogP contribution in [0.2, 0.25) is 0 Å². The number of imide groups is 1. The van der Waals surface area contributed by atoms with E-state index in [-0.39, 0.29) is 11.9 Å². The van der Waals surface area contributed by atoms with E-state index in [0.29, 0.717) is 18.5 Å². The number of rotatable bonds is 5. The lowest BCUT2D eigenvalue weighted by Crippen LogP contribution is -2.50. The van der Waals surface area contributed by atoms with Gasteiger partial charge < -0.3 is 10.6 Å². The summed E-state index contributed by atoms with van der Waals surface area (Å²) in [6, 6.07) is -0.423. The van der Waals surface area contributed by atoms with E-state index in [0.717, 1.165) is 0 Å². The van der Waals surface area contributed by atoms with Crippen molar-refractivity contribution < 1.29 is 9.59 Å². The first kappa shape index (κ1) is 13.0. The summed E-state index contributed by atoms with van der Waals surface area (Å²) in [6.45, 7) is 6.17. The molecule has 3 amide bonds. The van der Waals surface area contributed by atoms with Crippen molar-refractivity contribution in [1.82, 2.24) is 16.0 Å². The predicted octanol–water partition coefficient (Wildman–Crippen LogP) is 0.609. The first-order valence-corrected chi connectivity index (χ1v) is 5.89. The van der Waals surface area contributed by atoms with Crippen LogP contribution in [0, 0.1) is 5.92 Å². The zero-order valence-electron chi connectivity index (χ0n) is 10.2. The maximum Gasteiger partial charge on any atom is 0.321 e. The maximum absolute atomic E-state index is 11.6. The minimum atomic E-state index is -0.430. The highest BCUT2D eigenvalue weighted by molar-refractivity contribution is 5.96. The summed E-state index contributed by atoms with van der Waals surface area (Å²) >= 11 is 0. The highest BCUT2D eigenvalue weighted by Crippen LogP contribution is 2.32. The van der Waals surface area contributed by atoms with Gasteiger partial charge in [-0.3, -0.25) is 10.1 Å². The van der Waals surface area contributed by atoms with Crippen LogP contribution >= 0.6 is 0 Å². The molecule has 5 nitrogen and oxygen atoms in total. The Hall–Kier alpha value is -1.10. The number of hydrogen-bond acceptors (Lipinski definition) is 3. The standard InChI is InChI=1S/C11H21N3O2/c1-4-12-11(16)14-10(15)8(3)13-7(2)9-5-6-9/h7-9,13H,4-6H2,1-3H3,(H2,12,14,15,16). The lowest BCUT2D eigenvalue weighted by Gasteiger charge is -2.18. The molecule has 1 rings (SSSR count). The zero-order valence-corrected chi connectivity index (χ0v) is 10.2. The fraction of sp³-hybridized carbons (Fsp3) is 0.818. The molecule has 16 heavy (non-hydrogen) atoms. The fourth-order valence-electron chi connectivity index (χ4n) is 1.63. The summed E-state index contributed by atoms with van der Waals surface area (Å²) in [6.07, 6.45) is 2.47. The van der Waals surface area contributed by atoms with Gasteiger partial charge in [0.2, 0.25) is 5.91 Å². The summed E-state index contributed by atoms with van der Waals surface area (Å²) in [5, 5.41) is 8.01. The summed E-state index contributed by atoms with van der Waals surface area (Å²) in [4.78, 5) is 22.7. The average molecular weight is 227 g/mol. The van der Waals surface area contributed by atoms with E-state index in [1.165, 1.54) is 12.8 Å². The predicted molar refractivity (Wildman–Crippen MR) is 62.0 cm³/mol. The van der Waals surface area contributed by atoms with Crippen molar-refractivity contribution in [3.8, 4) is 0 Å². The molecule has 1 aliphatic carbocycles. The minimum absolute atomic E-state index is 0.279. The van der Waals surface area contributed by atoms with Crippen molar-refractivity contribution in [3.63, 3.8) is 0 Å². The van der Waals surface area contributed by atoms with Crippen molar-refractivity contribution in [1.29, 1.82) is 0 Å². The number of carbonyl (C=O) groups is 2. The Morgan fingerprint density at radius 3 is 2.44 bits per heavy atom. The van der Waals surface area contributed by atoms with Crippen LogP contribution in [0.5, 0.6) is 0 Å². The Kier molecular flexibility index (Phi) is 4.73. The molecule has 0 aromatic heterocycles. The summed E-state index contributed by atoms with van der Waals surface area (Å²) < 4.78 is 0. The van der Waals surface area contributed by atoms with E-state index >= 15 is 0 Å². The van der Waals surface area contributed by atoms with Gasteiger partial charge in [-0.25, -0.2) is 4.79 Å². The molecule has 0 radical (unpaired) electrons. The second-order valence-electron chi connectivity index (χ2n) is 4.36. The number of carbonyl (C=O) groups excluding carboxylic acids is 2. The third-order valence-corrected chi connectivity index (χ3v) is 2.81. The van der Waals surface area contributed by atoms with Gasteiger partial charge in [-0.1, -0.05) is 0 Å². The highest BCUT2D eigenvalue weighted by Gasteiger charge is 2.29. The molecular weight excluding hydrogens is 206 g/mol. The van der Waals surface area contributed by atoms with Crippen LogP contribution in [0.4, 0.5) is 4.79 Å². The van der Waals surface area contributed by atoms with Crippen LogP contribution < -0.4 is 16.0 Å². The van der Waals surface area contributed by atoms with Gasteiger partial charge in [0, 0.05) is 12.6 Å².